The van der Waals surface area contributed by atoms with Gasteiger partial charge in [-0.2, -0.15) is 0 Å². The summed E-state index contributed by atoms with van der Waals surface area (Å²) >= 11 is 0. The van der Waals surface area contributed by atoms with Crippen LogP contribution in [0, 0.1) is 0 Å². The number of hydrogen-bond acceptors (Lipinski definition) is 6. The molecule has 3 rings (SSSR count). The monoisotopic (exact) mass is 364 g/mol. The number of rotatable bonds is 5. The number of carbonyl (C=O) groups is 1. The van der Waals surface area contributed by atoms with Crippen LogP contribution in [0.1, 0.15) is 15.9 Å². The molecule has 0 radical (unpaired) electrons. The molecule has 10 heteroatoms. The van der Waals surface area contributed by atoms with Crippen molar-refractivity contribution in [3.05, 3.63) is 66.0 Å². The van der Waals surface area contributed by atoms with E-state index < -0.39 is 12.3 Å². The lowest BCUT2D eigenvalue weighted by Gasteiger charge is -2.10. The molecule has 0 fully saturated rings. The van der Waals surface area contributed by atoms with Gasteiger partial charge in [-0.05, 0) is 46.3 Å². The summed E-state index contributed by atoms with van der Waals surface area (Å²) in [7, 11) is 0. The van der Waals surface area contributed by atoms with Crippen LogP contribution in [0.3, 0.4) is 0 Å². The molecule has 134 valence electrons. The van der Waals surface area contributed by atoms with Crippen LogP contribution in [-0.2, 0) is 11.3 Å². The lowest BCUT2D eigenvalue weighted by atomic mass is 10.2. The van der Waals surface area contributed by atoms with Crippen LogP contribution in [0.15, 0.2) is 54.9 Å². The van der Waals surface area contributed by atoms with Gasteiger partial charge in [-0.15, -0.1) is 18.3 Å². The molecule has 0 saturated heterocycles. The Morgan fingerprint density at radius 1 is 1.12 bits per heavy atom. The zero-order chi connectivity index (χ0) is 18.6. The van der Waals surface area contributed by atoms with Gasteiger partial charge in [-0.25, -0.2) is 9.48 Å². The van der Waals surface area contributed by atoms with Crippen molar-refractivity contribution in [1.29, 1.82) is 0 Å². The molecule has 0 spiro atoms. The molecule has 0 amide bonds. The lowest BCUT2D eigenvalue weighted by Crippen LogP contribution is -2.17. The number of carbonyl (C=O) groups excluding carboxylic acids is 1. The lowest BCUT2D eigenvalue weighted by molar-refractivity contribution is -0.274. The summed E-state index contributed by atoms with van der Waals surface area (Å²) in [5.74, 6) is -0.933. The van der Waals surface area contributed by atoms with E-state index in [9.17, 15) is 18.0 Å². The number of tetrazole rings is 1. The highest BCUT2D eigenvalue weighted by molar-refractivity contribution is 5.90. The Balaban J connectivity index is 1.61. The topological polar surface area (TPSA) is 79.1 Å². The number of ether oxygens (including phenoxy) is 2. The van der Waals surface area contributed by atoms with Gasteiger partial charge >= 0.3 is 12.3 Å². The third kappa shape index (κ3) is 4.56. The minimum Gasteiger partial charge on any atom is -0.457 e. The smallest absolute Gasteiger partial charge is 0.457 e. The van der Waals surface area contributed by atoms with Crippen molar-refractivity contribution in [2.75, 3.05) is 0 Å². The van der Waals surface area contributed by atoms with E-state index in [1.807, 2.05) is 0 Å². The van der Waals surface area contributed by atoms with Gasteiger partial charge in [0.2, 0.25) is 0 Å². The third-order valence-electron chi connectivity index (χ3n) is 3.22. The van der Waals surface area contributed by atoms with Crippen LogP contribution in [0.4, 0.5) is 13.2 Å². The van der Waals surface area contributed by atoms with Gasteiger partial charge in [-0.1, -0.05) is 18.2 Å². The Hall–Kier alpha value is -3.43. The second kappa shape index (κ2) is 7.21. The quantitative estimate of drug-likeness (QED) is 0.648. The number of alkyl halides is 3. The van der Waals surface area contributed by atoms with Crippen molar-refractivity contribution in [2.45, 2.75) is 13.0 Å². The normalized spacial score (nSPS) is 11.2. The molecule has 0 saturated carbocycles. The van der Waals surface area contributed by atoms with Crippen LogP contribution in [0.25, 0.3) is 5.69 Å². The van der Waals surface area contributed by atoms with E-state index in [-0.39, 0.29) is 17.9 Å². The van der Waals surface area contributed by atoms with Gasteiger partial charge in [0.1, 0.15) is 18.7 Å². The molecule has 0 unspecified atom stereocenters. The van der Waals surface area contributed by atoms with E-state index in [1.165, 1.54) is 23.1 Å². The average Bonchev–Trinajstić information content (AvgIpc) is 3.14. The molecule has 26 heavy (non-hydrogen) atoms. The summed E-state index contributed by atoms with van der Waals surface area (Å²) in [6.07, 6.45) is -3.37. The van der Waals surface area contributed by atoms with Crippen molar-refractivity contribution in [1.82, 2.24) is 20.2 Å². The molecule has 0 aliphatic heterocycles. The molecule has 0 N–H and O–H groups in total. The maximum Gasteiger partial charge on any atom is 0.573 e. The zero-order valence-corrected chi connectivity index (χ0v) is 13.1. The highest BCUT2D eigenvalue weighted by atomic mass is 19.4. The standard InChI is InChI=1S/C16H11F3N4O3/c17-16(18,19)26-14-6-4-11(5-7-14)9-25-15(24)12-2-1-3-13(8-12)23-10-20-21-22-23/h1-8,10H,9H2. The van der Waals surface area contributed by atoms with Gasteiger partial charge in [0.25, 0.3) is 0 Å². The maximum atomic E-state index is 12.1. The second-order valence-electron chi connectivity index (χ2n) is 5.07. The predicted molar refractivity (Wildman–Crippen MR) is 81.4 cm³/mol. The molecule has 1 aromatic heterocycles. The minimum atomic E-state index is -4.75. The van der Waals surface area contributed by atoms with Gasteiger partial charge in [-0.3, -0.25) is 0 Å². The molecular formula is C16H11F3N4O3. The number of halogens is 3. The van der Waals surface area contributed by atoms with Crippen molar-refractivity contribution in [2.24, 2.45) is 0 Å². The Bertz CT molecular complexity index is 881. The molecule has 0 aliphatic carbocycles. The van der Waals surface area contributed by atoms with E-state index in [0.29, 0.717) is 11.3 Å². The highest BCUT2D eigenvalue weighted by Gasteiger charge is 2.30. The predicted octanol–water partition coefficient (Wildman–Crippen LogP) is 2.92. The average molecular weight is 364 g/mol. The summed E-state index contributed by atoms with van der Waals surface area (Å²) in [5, 5.41) is 10.8. The Morgan fingerprint density at radius 3 is 2.54 bits per heavy atom. The molecule has 3 aromatic rings. The van der Waals surface area contributed by atoms with Gasteiger partial charge in [0.05, 0.1) is 11.3 Å². The number of benzene rings is 2. The van der Waals surface area contributed by atoms with Crippen LogP contribution >= 0.6 is 0 Å². The number of esters is 1. The molecule has 2 aromatic carbocycles. The van der Waals surface area contributed by atoms with Crippen molar-refractivity contribution < 1.29 is 27.4 Å². The number of hydrogen-bond donors (Lipinski definition) is 0. The molecule has 0 bridgehead atoms. The first-order valence-corrected chi connectivity index (χ1v) is 7.26. The fourth-order valence-corrected chi connectivity index (χ4v) is 2.07. The Morgan fingerprint density at radius 2 is 1.88 bits per heavy atom. The molecular weight excluding hydrogens is 353 g/mol. The summed E-state index contributed by atoms with van der Waals surface area (Å²) < 4.78 is 46.7. The Kier molecular flexibility index (Phi) is 4.83. The SMILES string of the molecule is O=C(OCc1ccc(OC(F)(F)F)cc1)c1cccc(-n2cnnn2)c1. The Labute approximate surface area is 145 Å². The third-order valence-corrected chi connectivity index (χ3v) is 3.22. The number of aromatic nitrogens is 4. The van der Waals surface area contributed by atoms with E-state index in [0.717, 1.165) is 12.1 Å². The van der Waals surface area contributed by atoms with Gasteiger partial charge in [0, 0.05) is 0 Å². The largest absolute Gasteiger partial charge is 0.573 e. The van der Waals surface area contributed by atoms with Gasteiger partial charge in [0.15, 0.2) is 0 Å². The van der Waals surface area contributed by atoms with Crippen molar-refractivity contribution >= 4 is 5.97 Å². The maximum absolute atomic E-state index is 12.1. The summed E-state index contributed by atoms with van der Waals surface area (Å²) in [4.78, 5) is 12.1. The van der Waals surface area contributed by atoms with Crippen LogP contribution in [0.5, 0.6) is 5.75 Å². The summed E-state index contributed by atoms with van der Waals surface area (Å²) in [6.45, 7) is -0.0970. The molecule has 1 heterocycles. The second-order valence-corrected chi connectivity index (χ2v) is 5.07. The summed E-state index contributed by atoms with van der Waals surface area (Å²) in [5.41, 5.74) is 1.39. The minimum absolute atomic E-state index is 0.0970. The highest BCUT2D eigenvalue weighted by Crippen LogP contribution is 2.23. The van der Waals surface area contributed by atoms with Crippen LogP contribution < -0.4 is 4.74 Å². The van der Waals surface area contributed by atoms with Crippen molar-refractivity contribution in [3.63, 3.8) is 0 Å². The van der Waals surface area contributed by atoms with E-state index in [2.05, 4.69) is 20.3 Å². The van der Waals surface area contributed by atoms with Gasteiger partial charge < -0.3 is 9.47 Å². The molecule has 0 atom stereocenters. The van der Waals surface area contributed by atoms with E-state index in [4.69, 9.17) is 4.74 Å². The van der Waals surface area contributed by atoms with Crippen LogP contribution in [0.2, 0.25) is 0 Å². The van der Waals surface area contributed by atoms with Crippen molar-refractivity contribution in [3.8, 4) is 11.4 Å². The fraction of sp³-hybridized carbons (Fsp3) is 0.125. The van der Waals surface area contributed by atoms with E-state index >= 15 is 0 Å². The first-order valence-electron chi connectivity index (χ1n) is 7.26. The summed E-state index contributed by atoms with van der Waals surface area (Å²) in [6, 6.07) is 11.5. The molecule has 0 aliphatic rings. The zero-order valence-electron chi connectivity index (χ0n) is 13.1. The van der Waals surface area contributed by atoms with E-state index in [1.54, 1.807) is 24.3 Å². The number of nitrogens with zero attached hydrogens (tertiary/aromatic N) is 4. The first kappa shape index (κ1) is 17.4. The molecule has 7 nitrogen and oxygen atoms in total. The fourth-order valence-electron chi connectivity index (χ4n) is 2.07. The van der Waals surface area contributed by atoms with Crippen LogP contribution in [-0.4, -0.2) is 32.5 Å². The first-order chi connectivity index (χ1) is 12.4.